The summed E-state index contributed by atoms with van der Waals surface area (Å²) in [7, 11) is 3.50. The Labute approximate surface area is 315 Å². The number of methoxy groups -OCH3 is 1. The summed E-state index contributed by atoms with van der Waals surface area (Å²) in [6.07, 6.45) is 9.41. The molecule has 2 unspecified atom stereocenters. The van der Waals surface area contributed by atoms with Crippen molar-refractivity contribution in [2.75, 3.05) is 46.4 Å². The van der Waals surface area contributed by atoms with Crippen LogP contribution >= 0.6 is 11.6 Å². The van der Waals surface area contributed by atoms with Crippen molar-refractivity contribution in [2.45, 2.75) is 75.8 Å². The van der Waals surface area contributed by atoms with Gasteiger partial charge in [0.25, 0.3) is 5.91 Å². The second kappa shape index (κ2) is 14.8. The van der Waals surface area contributed by atoms with Gasteiger partial charge in [0, 0.05) is 83.0 Å². The fourth-order valence-corrected chi connectivity index (χ4v) is 7.78. The normalized spacial score (nSPS) is 20.7. The minimum absolute atomic E-state index is 0.0888. The number of carbonyl (C=O) groups is 3. The third-order valence-electron chi connectivity index (χ3n) is 10.7. The number of piperazine rings is 1. The van der Waals surface area contributed by atoms with Crippen LogP contribution in [0.15, 0.2) is 49.1 Å². The van der Waals surface area contributed by atoms with Gasteiger partial charge in [0.15, 0.2) is 0 Å². The summed E-state index contributed by atoms with van der Waals surface area (Å²) in [4.78, 5) is 55.0. The first-order valence-electron chi connectivity index (χ1n) is 18.4. The lowest BCUT2D eigenvalue weighted by Gasteiger charge is -2.40. The molecule has 3 fully saturated rings. The maximum atomic E-state index is 13.7. The highest BCUT2D eigenvalue weighted by atomic mass is 35.5. The largest absolute Gasteiger partial charge is 0.446 e. The lowest BCUT2D eigenvalue weighted by molar-refractivity contribution is -0.134. The van der Waals surface area contributed by atoms with E-state index < -0.39 is 11.6 Å². The number of nitrogens with one attached hydrogen (secondary N) is 2. The molecule has 2 aromatic heterocycles. The van der Waals surface area contributed by atoms with Crippen molar-refractivity contribution in [3.8, 4) is 0 Å². The third-order valence-corrected chi connectivity index (χ3v) is 11.0. The minimum atomic E-state index is -0.831. The highest BCUT2D eigenvalue weighted by Gasteiger charge is 2.51. The fraction of sp³-hybridized carbons (Fsp3) is 0.513. The van der Waals surface area contributed by atoms with E-state index in [1.54, 1.807) is 29.4 Å². The Morgan fingerprint density at radius 1 is 1.02 bits per heavy atom. The molecular formula is C39H49ClN8O5. The molecular weight excluding hydrogens is 696 g/mol. The molecule has 282 valence electrons. The zero-order chi connectivity index (χ0) is 37.5. The molecule has 0 spiro atoms. The van der Waals surface area contributed by atoms with Gasteiger partial charge in [0.2, 0.25) is 0 Å². The molecule has 13 nitrogen and oxygen atoms in total. The minimum Gasteiger partial charge on any atom is -0.446 e. The second-order valence-corrected chi connectivity index (χ2v) is 16.0. The van der Waals surface area contributed by atoms with Gasteiger partial charge in [-0.1, -0.05) is 23.7 Å². The first-order valence-corrected chi connectivity index (χ1v) is 18.8. The van der Waals surface area contributed by atoms with E-state index in [1.807, 2.05) is 68.9 Å². The van der Waals surface area contributed by atoms with Gasteiger partial charge in [0.1, 0.15) is 11.7 Å². The number of aryl methyl sites for hydroxylation is 1. The zero-order valence-corrected chi connectivity index (χ0v) is 31.9. The highest BCUT2D eigenvalue weighted by molar-refractivity contribution is 6.30. The fourth-order valence-electron chi connectivity index (χ4n) is 7.61. The molecule has 4 amide bonds. The van der Waals surface area contributed by atoms with E-state index in [-0.39, 0.29) is 35.7 Å². The van der Waals surface area contributed by atoms with Crippen LogP contribution in [0.4, 0.5) is 9.59 Å². The van der Waals surface area contributed by atoms with Crippen molar-refractivity contribution in [1.29, 1.82) is 0 Å². The van der Waals surface area contributed by atoms with Crippen LogP contribution in [0.25, 0.3) is 11.6 Å². The van der Waals surface area contributed by atoms with E-state index in [2.05, 4.69) is 26.6 Å². The number of hydrogen-bond donors (Lipinski definition) is 2. The monoisotopic (exact) mass is 744 g/mol. The third kappa shape index (κ3) is 7.78. The molecule has 7 rings (SSSR count). The molecule has 0 radical (unpaired) electrons. The van der Waals surface area contributed by atoms with Crippen molar-refractivity contribution in [3.05, 3.63) is 82.2 Å². The summed E-state index contributed by atoms with van der Waals surface area (Å²) in [5.41, 5.74) is 4.26. The molecule has 1 saturated carbocycles. The molecule has 2 aliphatic heterocycles. The number of fused-ring (bicyclic) bond motifs is 2. The standard InChI is InChI=1S/C39H49ClN8O5/c1-38(2,3)44-36(50)47-15-10-27(11-16-47)53-37(51)48-19-17-46(18-20-48)34-28-9-8-26(40)22-29(28)30(21-25-7-6-14-42-32(25)34)33(31-23-41-24-45(31)4)43-35(49)39(52-5)12-13-39/h6-9,14,21-24,27,33-34H,10-13,15-20H2,1-5H3,(H,43,49)(H,44,50). The predicted molar refractivity (Wildman–Crippen MR) is 201 cm³/mol. The van der Waals surface area contributed by atoms with Gasteiger partial charge in [-0.3, -0.25) is 14.7 Å². The first kappa shape index (κ1) is 36.9. The molecule has 2 atom stereocenters. The number of urea groups is 1. The van der Waals surface area contributed by atoms with Crippen LogP contribution in [0.3, 0.4) is 0 Å². The van der Waals surface area contributed by atoms with Crippen LogP contribution in [-0.2, 0) is 21.3 Å². The Morgan fingerprint density at radius 2 is 1.75 bits per heavy atom. The van der Waals surface area contributed by atoms with Crippen molar-refractivity contribution < 1.29 is 23.9 Å². The number of piperidine rings is 1. The number of nitrogens with zero attached hydrogens (tertiary/aromatic N) is 6. The zero-order valence-electron chi connectivity index (χ0n) is 31.1. The predicted octanol–water partition coefficient (Wildman–Crippen LogP) is 5.18. The topological polar surface area (TPSA) is 134 Å². The first-order chi connectivity index (χ1) is 25.4. The molecule has 0 bridgehead atoms. The van der Waals surface area contributed by atoms with Crippen molar-refractivity contribution in [2.24, 2.45) is 7.05 Å². The number of ether oxygens (including phenoxy) is 2. The Kier molecular flexibility index (Phi) is 10.3. The lowest BCUT2D eigenvalue weighted by atomic mass is 9.89. The van der Waals surface area contributed by atoms with Gasteiger partial charge < -0.3 is 34.5 Å². The van der Waals surface area contributed by atoms with Crippen molar-refractivity contribution in [3.63, 3.8) is 0 Å². The molecule has 2 N–H and O–H groups in total. The maximum Gasteiger partial charge on any atom is 0.410 e. The summed E-state index contributed by atoms with van der Waals surface area (Å²) in [6.45, 7) is 9.12. The molecule has 1 aromatic carbocycles. The van der Waals surface area contributed by atoms with Crippen LogP contribution in [0.5, 0.6) is 0 Å². The van der Waals surface area contributed by atoms with Crippen LogP contribution in [0.1, 0.15) is 86.6 Å². The molecule has 2 saturated heterocycles. The SMILES string of the molecule is COC1(C(=O)NC(C2=Cc3cccnc3C(N3CCN(C(=O)OC4CCN(C(=O)NC(C)(C)C)CC4)CC3)c3ccc(Cl)cc32)c2cncn2C)CC1. The Bertz CT molecular complexity index is 1890. The average molecular weight is 745 g/mol. The number of pyridine rings is 1. The number of benzene rings is 1. The van der Waals surface area contributed by atoms with E-state index in [4.69, 9.17) is 26.1 Å². The maximum absolute atomic E-state index is 13.7. The number of rotatable bonds is 7. The van der Waals surface area contributed by atoms with Crippen molar-refractivity contribution >= 4 is 41.3 Å². The summed E-state index contributed by atoms with van der Waals surface area (Å²) in [6, 6.07) is 8.99. The smallest absolute Gasteiger partial charge is 0.410 e. The van der Waals surface area contributed by atoms with E-state index in [0.717, 1.165) is 33.7 Å². The van der Waals surface area contributed by atoms with Crippen molar-refractivity contribution in [1.82, 2.24) is 39.9 Å². The number of hydrogen-bond acceptors (Lipinski definition) is 8. The summed E-state index contributed by atoms with van der Waals surface area (Å²) in [5.74, 6) is -0.164. The van der Waals surface area contributed by atoms with Crippen LogP contribution in [0.2, 0.25) is 5.02 Å². The average Bonchev–Trinajstić information content (AvgIpc) is 3.86. The lowest BCUT2D eigenvalue weighted by Crippen LogP contribution is -2.53. The molecule has 2 aliphatic carbocycles. The number of likely N-dealkylation sites (tertiary alicyclic amines) is 1. The van der Waals surface area contributed by atoms with Gasteiger partial charge >= 0.3 is 12.1 Å². The number of imidazole rings is 1. The molecule has 3 aromatic rings. The molecule has 4 heterocycles. The Balaban J connectivity index is 1.11. The quantitative estimate of drug-likeness (QED) is 0.339. The highest BCUT2D eigenvalue weighted by Crippen LogP contribution is 2.46. The van der Waals surface area contributed by atoms with Gasteiger partial charge in [-0.2, -0.15) is 0 Å². The Morgan fingerprint density at radius 3 is 2.40 bits per heavy atom. The van der Waals surface area contributed by atoms with E-state index in [1.165, 1.54) is 0 Å². The van der Waals surface area contributed by atoms with Gasteiger partial charge in [-0.05, 0) is 80.2 Å². The van der Waals surface area contributed by atoms with Gasteiger partial charge in [0.05, 0.1) is 36.0 Å². The summed E-state index contributed by atoms with van der Waals surface area (Å²) >= 11 is 6.73. The van der Waals surface area contributed by atoms with E-state index in [9.17, 15) is 14.4 Å². The number of carbonyl (C=O) groups excluding carboxylic acids is 3. The second-order valence-electron chi connectivity index (χ2n) is 15.5. The van der Waals surface area contributed by atoms with E-state index in [0.29, 0.717) is 70.0 Å². The van der Waals surface area contributed by atoms with Crippen LogP contribution < -0.4 is 10.6 Å². The van der Waals surface area contributed by atoms with E-state index >= 15 is 0 Å². The molecule has 4 aliphatic rings. The number of halogens is 1. The van der Waals surface area contributed by atoms with Crippen LogP contribution in [-0.4, -0.2) is 111 Å². The van der Waals surface area contributed by atoms with Gasteiger partial charge in [-0.25, -0.2) is 14.6 Å². The number of amides is 4. The van der Waals surface area contributed by atoms with Crippen LogP contribution in [0, 0.1) is 0 Å². The number of aromatic nitrogens is 3. The summed E-state index contributed by atoms with van der Waals surface area (Å²) in [5, 5.41) is 6.90. The molecule has 53 heavy (non-hydrogen) atoms. The summed E-state index contributed by atoms with van der Waals surface area (Å²) < 4.78 is 13.5. The van der Waals surface area contributed by atoms with Gasteiger partial charge in [-0.15, -0.1) is 0 Å². The Hall–Kier alpha value is -4.46. The molecule has 14 heteroatoms.